The summed E-state index contributed by atoms with van der Waals surface area (Å²) in [7, 11) is 2.98. The molecule has 0 spiro atoms. The molecule has 0 radical (unpaired) electrons. The number of benzene rings is 2. The average molecular weight is 453 g/mol. The van der Waals surface area contributed by atoms with Crippen molar-refractivity contribution in [1.29, 1.82) is 0 Å². The molecule has 172 valence electrons. The van der Waals surface area contributed by atoms with E-state index in [2.05, 4.69) is 10.4 Å². The van der Waals surface area contributed by atoms with Crippen LogP contribution in [0.25, 0.3) is 5.69 Å². The molecule has 3 rings (SSSR count). The van der Waals surface area contributed by atoms with Gasteiger partial charge in [-0.25, -0.2) is 4.79 Å². The van der Waals surface area contributed by atoms with E-state index in [0.29, 0.717) is 22.9 Å². The van der Waals surface area contributed by atoms with Gasteiger partial charge in [-0.3, -0.25) is 9.59 Å². The summed E-state index contributed by atoms with van der Waals surface area (Å²) in [6, 6.07) is 14.5. The summed E-state index contributed by atoms with van der Waals surface area (Å²) >= 11 is 0. The number of nitrogens with zero attached hydrogens (tertiary/aromatic N) is 2. The van der Waals surface area contributed by atoms with Gasteiger partial charge < -0.3 is 24.3 Å². The lowest BCUT2D eigenvalue weighted by molar-refractivity contribution is -0.118. The van der Waals surface area contributed by atoms with E-state index in [9.17, 15) is 14.4 Å². The first-order valence-electron chi connectivity index (χ1n) is 9.97. The average Bonchev–Trinajstić information content (AvgIpc) is 2.83. The number of aromatic nitrogens is 2. The van der Waals surface area contributed by atoms with Crippen molar-refractivity contribution >= 4 is 17.6 Å². The van der Waals surface area contributed by atoms with E-state index in [4.69, 9.17) is 18.9 Å². The highest BCUT2D eigenvalue weighted by atomic mass is 16.5. The van der Waals surface area contributed by atoms with Crippen molar-refractivity contribution in [2.24, 2.45) is 0 Å². The maximum Gasteiger partial charge on any atom is 0.362 e. The van der Waals surface area contributed by atoms with E-state index in [1.54, 1.807) is 55.5 Å². The molecule has 10 heteroatoms. The zero-order chi connectivity index (χ0) is 23.8. The molecule has 10 nitrogen and oxygen atoms in total. The number of carbonyl (C=O) groups is 2. The SMILES string of the molecule is CCOC(=O)c1nn(-c2ccccc2)c(=O)cc1OCC(=O)Nc1cc(OC)cc(OC)c1. The molecule has 0 unspecified atom stereocenters. The van der Waals surface area contributed by atoms with Crippen LogP contribution in [-0.4, -0.2) is 49.1 Å². The standard InChI is InChI=1S/C23H23N3O7/c1-4-32-23(29)22-19(13-21(28)26(25-22)16-8-6-5-7-9-16)33-14-20(27)24-15-10-17(30-2)12-18(11-15)31-3/h5-13H,4,14H2,1-3H3,(H,24,27). The van der Waals surface area contributed by atoms with Gasteiger partial charge in [0.1, 0.15) is 11.5 Å². The Balaban J connectivity index is 1.82. The molecule has 1 N–H and O–H groups in total. The Morgan fingerprint density at radius 1 is 1.00 bits per heavy atom. The number of carbonyl (C=O) groups excluding carboxylic acids is 2. The second kappa shape index (κ2) is 10.8. The Morgan fingerprint density at radius 2 is 1.67 bits per heavy atom. The van der Waals surface area contributed by atoms with Crippen molar-refractivity contribution in [3.05, 3.63) is 70.6 Å². The summed E-state index contributed by atoms with van der Waals surface area (Å²) in [5.74, 6) is -0.501. The highest BCUT2D eigenvalue weighted by Gasteiger charge is 2.20. The Morgan fingerprint density at radius 3 is 2.27 bits per heavy atom. The molecule has 2 aromatic carbocycles. The number of nitrogens with one attached hydrogen (secondary N) is 1. The van der Waals surface area contributed by atoms with Crippen molar-refractivity contribution in [3.63, 3.8) is 0 Å². The van der Waals surface area contributed by atoms with Gasteiger partial charge in [0, 0.05) is 23.9 Å². The maximum atomic E-state index is 12.6. The fourth-order valence-electron chi connectivity index (χ4n) is 2.87. The quantitative estimate of drug-likeness (QED) is 0.491. The Kier molecular flexibility index (Phi) is 7.64. The molecule has 0 aliphatic rings. The van der Waals surface area contributed by atoms with Gasteiger partial charge in [-0.15, -0.1) is 0 Å². The van der Waals surface area contributed by atoms with Gasteiger partial charge in [0.05, 0.1) is 32.6 Å². The topological polar surface area (TPSA) is 118 Å². The third-order valence-corrected chi connectivity index (χ3v) is 4.36. The third-order valence-electron chi connectivity index (χ3n) is 4.36. The number of para-hydroxylation sites is 1. The van der Waals surface area contributed by atoms with Gasteiger partial charge in [0.15, 0.2) is 12.4 Å². The molecule has 3 aromatic rings. The number of rotatable bonds is 9. The van der Waals surface area contributed by atoms with Gasteiger partial charge in [-0.05, 0) is 19.1 Å². The monoisotopic (exact) mass is 453 g/mol. The molecular weight excluding hydrogens is 430 g/mol. The normalized spacial score (nSPS) is 10.3. The van der Waals surface area contributed by atoms with Crippen LogP contribution in [0.2, 0.25) is 0 Å². The Labute approximate surface area is 189 Å². The maximum absolute atomic E-state index is 12.6. The minimum Gasteiger partial charge on any atom is -0.497 e. The summed E-state index contributed by atoms with van der Waals surface area (Å²) in [6.45, 7) is 1.26. The number of hydrogen-bond donors (Lipinski definition) is 1. The van der Waals surface area contributed by atoms with E-state index < -0.39 is 24.0 Å². The molecule has 33 heavy (non-hydrogen) atoms. The highest BCUT2D eigenvalue weighted by Crippen LogP contribution is 2.25. The van der Waals surface area contributed by atoms with Gasteiger partial charge in [0.25, 0.3) is 11.5 Å². The zero-order valence-electron chi connectivity index (χ0n) is 18.4. The molecule has 0 aliphatic heterocycles. The first-order valence-corrected chi connectivity index (χ1v) is 9.97. The predicted octanol–water partition coefficient (Wildman–Crippen LogP) is 2.44. The molecule has 1 aromatic heterocycles. The fraction of sp³-hybridized carbons (Fsp3) is 0.217. The summed E-state index contributed by atoms with van der Waals surface area (Å²) in [5.41, 5.74) is 0.116. The van der Waals surface area contributed by atoms with Crippen LogP contribution in [0.4, 0.5) is 5.69 Å². The number of esters is 1. The number of hydrogen-bond acceptors (Lipinski definition) is 8. The van der Waals surface area contributed by atoms with Crippen LogP contribution in [0.15, 0.2) is 59.4 Å². The van der Waals surface area contributed by atoms with Crippen molar-refractivity contribution < 1.29 is 28.5 Å². The molecule has 1 amide bonds. The van der Waals surface area contributed by atoms with E-state index in [0.717, 1.165) is 10.7 Å². The van der Waals surface area contributed by atoms with Crippen molar-refractivity contribution in [2.75, 3.05) is 32.8 Å². The molecule has 0 bridgehead atoms. The largest absolute Gasteiger partial charge is 0.497 e. The number of methoxy groups -OCH3 is 2. The van der Waals surface area contributed by atoms with Crippen LogP contribution < -0.4 is 25.1 Å². The van der Waals surface area contributed by atoms with Crippen molar-refractivity contribution in [1.82, 2.24) is 9.78 Å². The first-order chi connectivity index (χ1) is 15.9. The minimum absolute atomic E-state index is 0.0998. The third kappa shape index (κ3) is 5.88. The fourth-order valence-corrected chi connectivity index (χ4v) is 2.87. The van der Waals surface area contributed by atoms with Gasteiger partial charge >= 0.3 is 5.97 Å². The van der Waals surface area contributed by atoms with Crippen molar-refractivity contribution in [2.45, 2.75) is 6.92 Å². The van der Waals surface area contributed by atoms with E-state index in [1.165, 1.54) is 14.2 Å². The lowest BCUT2D eigenvalue weighted by Crippen LogP contribution is -2.27. The summed E-state index contributed by atoms with van der Waals surface area (Å²) < 4.78 is 21.9. The van der Waals surface area contributed by atoms with Crippen LogP contribution in [0.5, 0.6) is 17.2 Å². The smallest absolute Gasteiger partial charge is 0.362 e. The van der Waals surface area contributed by atoms with Crippen LogP contribution >= 0.6 is 0 Å². The molecular formula is C23H23N3O7. The summed E-state index contributed by atoms with van der Waals surface area (Å²) in [4.78, 5) is 37.4. The zero-order valence-corrected chi connectivity index (χ0v) is 18.4. The van der Waals surface area contributed by atoms with Crippen LogP contribution in [0.3, 0.4) is 0 Å². The molecule has 0 atom stereocenters. The van der Waals surface area contributed by atoms with E-state index in [1.807, 2.05) is 0 Å². The summed E-state index contributed by atoms with van der Waals surface area (Å²) in [5, 5.41) is 6.75. The number of anilines is 1. The van der Waals surface area contributed by atoms with Gasteiger partial charge in [-0.1, -0.05) is 18.2 Å². The Hall–Kier alpha value is -4.34. The van der Waals surface area contributed by atoms with Gasteiger partial charge in [-0.2, -0.15) is 9.78 Å². The van der Waals surface area contributed by atoms with Crippen LogP contribution in [-0.2, 0) is 9.53 Å². The number of amides is 1. The van der Waals surface area contributed by atoms with E-state index in [-0.39, 0.29) is 18.1 Å². The molecule has 0 saturated carbocycles. The predicted molar refractivity (Wildman–Crippen MR) is 119 cm³/mol. The molecule has 1 heterocycles. The Bertz CT molecular complexity index is 1170. The second-order valence-corrected chi connectivity index (χ2v) is 6.60. The molecule has 0 aliphatic carbocycles. The summed E-state index contributed by atoms with van der Waals surface area (Å²) in [6.07, 6.45) is 0. The molecule has 0 saturated heterocycles. The molecule has 0 fully saturated rings. The van der Waals surface area contributed by atoms with Crippen molar-refractivity contribution in [3.8, 4) is 22.9 Å². The second-order valence-electron chi connectivity index (χ2n) is 6.60. The van der Waals surface area contributed by atoms with Gasteiger partial charge in [0.2, 0.25) is 5.69 Å². The van der Waals surface area contributed by atoms with Crippen LogP contribution in [0.1, 0.15) is 17.4 Å². The minimum atomic E-state index is -0.782. The van der Waals surface area contributed by atoms with E-state index >= 15 is 0 Å². The lowest BCUT2D eigenvalue weighted by atomic mass is 10.2. The highest BCUT2D eigenvalue weighted by molar-refractivity contribution is 5.93. The lowest BCUT2D eigenvalue weighted by Gasteiger charge is -2.13. The van der Waals surface area contributed by atoms with Crippen LogP contribution in [0, 0.1) is 0 Å². The number of ether oxygens (including phenoxy) is 4. The first kappa shape index (κ1) is 23.3.